The van der Waals surface area contributed by atoms with E-state index in [9.17, 15) is 15.0 Å². The molecule has 22 heavy (non-hydrogen) atoms. The molecule has 0 saturated heterocycles. The average molecular weight is 302 g/mol. The maximum absolute atomic E-state index is 11.9. The molecule has 0 aliphatic rings. The predicted molar refractivity (Wildman–Crippen MR) is 82.1 cm³/mol. The van der Waals surface area contributed by atoms with Gasteiger partial charge in [-0.2, -0.15) is 10.2 Å². The first-order valence-electron chi connectivity index (χ1n) is 6.68. The number of phenols is 2. The average Bonchev–Trinajstić information content (AvgIpc) is 2.90. The molecule has 1 aromatic heterocycles. The fourth-order valence-electron chi connectivity index (χ4n) is 1.68. The van der Waals surface area contributed by atoms with Crippen LogP contribution in [0.25, 0.3) is 0 Å². The quantitative estimate of drug-likeness (QED) is 0.512. The van der Waals surface area contributed by atoms with E-state index >= 15 is 0 Å². The number of rotatable bonds is 3. The predicted octanol–water partition coefficient (Wildman–Crippen LogP) is 1.88. The number of hydrazone groups is 1. The van der Waals surface area contributed by atoms with Gasteiger partial charge in [0.15, 0.2) is 5.69 Å². The SMILES string of the molecule is CC(C)(C)c1cc(C(=O)N/N=C/c2ccc(O)cc2O)n[nH]1. The number of carbonyl (C=O) groups excluding carboxylic acids is 1. The number of hydrogen-bond donors (Lipinski definition) is 4. The van der Waals surface area contributed by atoms with Crippen LogP contribution in [-0.2, 0) is 5.41 Å². The zero-order valence-electron chi connectivity index (χ0n) is 12.6. The Labute approximate surface area is 127 Å². The van der Waals surface area contributed by atoms with Gasteiger partial charge in [0.2, 0.25) is 0 Å². The standard InChI is InChI=1S/C15H18N4O3/c1-15(2,3)13-7-11(17-18-13)14(22)19-16-8-9-4-5-10(20)6-12(9)21/h4-8,20-21H,1-3H3,(H,17,18)(H,19,22)/b16-8+. The third kappa shape index (κ3) is 3.63. The Morgan fingerprint density at radius 3 is 2.64 bits per heavy atom. The molecular formula is C15H18N4O3. The van der Waals surface area contributed by atoms with E-state index in [1.54, 1.807) is 6.07 Å². The third-order valence-electron chi connectivity index (χ3n) is 3.00. The van der Waals surface area contributed by atoms with Crippen molar-refractivity contribution in [2.75, 3.05) is 0 Å². The minimum absolute atomic E-state index is 0.0510. The second-order valence-electron chi connectivity index (χ2n) is 5.86. The van der Waals surface area contributed by atoms with Crippen molar-refractivity contribution in [3.8, 4) is 11.5 Å². The first kappa shape index (κ1) is 15.6. The van der Waals surface area contributed by atoms with Crippen LogP contribution in [0.5, 0.6) is 11.5 Å². The minimum atomic E-state index is -0.457. The molecule has 1 heterocycles. The molecule has 0 spiro atoms. The lowest BCUT2D eigenvalue weighted by Gasteiger charge is -2.14. The lowest BCUT2D eigenvalue weighted by Crippen LogP contribution is -2.18. The van der Waals surface area contributed by atoms with Crippen molar-refractivity contribution < 1.29 is 15.0 Å². The van der Waals surface area contributed by atoms with Crippen LogP contribution < -0.4 is 5.43 Å². The van der Waals surface area contributed by atoms with Crippen LogP contribution in [0.2, 0.25) is 0 Å². The van der Waals surface area contributed by atoms with Crippen LogP contribution in [0.3, 0.4) is 0 Å². The summed E-state index contributed by atoms with van der Waals surface area (Å²) in [6.07, 6.45) is 1.28. The van der Waals surface area contributed by atoms with Gasteiger partial charge in [0.1, 0.15) is 11.5 Å². The zero-order chi connectivity index (χ0) is 16.3. The molecule has 0 aliphatic heterocycles. The number of H-pyrrole nitrogens is 1. The highest BCUT2D eigenvalue weighted by molar-refractivity contribution is 5.93. The Balaban J connectivity index is 2.03. The first-order valence-corrected chi connectivity index (χ1v) is 6.68. The summed E-state index contributed by atoms with van der Waals surface area (Å²) in [6, 6.07) is 5.74. The number of amides is 1. The highest BCUT2D eigenvalue weighted by Gasteiger charge is 2.19. The first-order chi connectivity index (χ1) is 10.3. The van der Waals surface area contributed by atoms with Gasteiger partial charge >= 0.3 is 0 Å². The van der Waals surface area contributed by atoms with Crippen LogP contribution in [0.4, 0.5) is 0 Å². The summed E-state index contributed by atoms with van der Waals surface area (Å²) >= 11 is 0. The van der Waals surface area contributed by atoms with E-state index in [1.165, 1.54) is 24.4 Å². The van der Waals surface area contributed by atoms with Gasteiger partial charge in [-0.3, -0.25) is 9.89 Å². The van der Waals surface area contributed by atoms with Crippen molar-refractivity contribution in [2.45, 2.75) is 26.2 Å². The molecule has 116 valence electrons. The number of aromatic amines is 1. The highest BCUT2D eigenvalue weighted by atomic mass is 16.3. The number of benzene rings is 1. The Bertz CT molecular complexity index is 714. The molecular weight excluding hydrogens is 284 g/mol. The summed E-state index contributed by atoms with van der Waals surface area (Å²) in [5, 5.41) is 29.3. The number of aromatic hydroxyl groups is 2. The van der Waals surface area contributed by atoms with E-state index in [1.807, 2.05) is 20.8 Å². The number of hydrogen-bond acceptors (Lipinski definition) is 5. The minimum Gasteiger partial charge on any atom is -0.508 e. The van der Waals surface area contributed by atoms with Gasteiger partial charge in [-0.1, -0.05) is 20.8 Å². The van der Waals surface area contributed by atoms with Crippen LogP contribution in [-0.4, -0.2) is 32.5 Å². The Hall–Kier alpha value is -2.83. The summed E-state index contributed by atoms with van der Waals surface area (Å²) in [4.78, 5) is 11.9. The van der Waals surface area contributed by atoms with E-state index in [0.29, 0.717) is 5.56 Å². The van der Waals surface area contributed by atoms with Gasteiger partial charge in [-0.25, -0.2) is 5.43 Å². The molecule has 7 heteroatoms. The molecule has 2 rings (SSSR count). The van der Waals surface area contributed by atoms with Crippen LogP contribution >= 0.6 is 0 Å². The number of carbonyl (C=O) groups is 1. The monoisotopic (exact) mass is 302 g/mol. The smallest absolute Gasteiger partial charge is 0.291 e. The van der Waals surface area contributed by atoms with E-state index in [0.717, 1.165) is 5.69 Å². The second kappa shape index (κ2) is 5.88. The molecule has 2 aromatic rings. The molecule has 1 amide bonds. The van der Waals surface area contributed by atoms with Gasteiger partial charge < -0.3 is 10.2 Å². The van der Waals surface area contributed by atoms with Crippen molar-refractivity contribution in [3.63, 3.8) is 0 Å². The number of nitrogens with one attached hydrogen (secondary N) is 2. The highest BCUT2D eigenvalue weighted by Crippen LogP contribution is 2.21. The van der Waals surface area contributed by atoms with Gasteiger partial charge in [-0.15, -0.1) is 0 Å². The van der Waals surface area contributed by atoms with Gasteiger partial charge in [-0.05, 0) is 18.2 Å². The lowest BCUT2D eigenvalue weighted by atomic mass is 9.92. The van der Waals surface area contributed by atoms with Crippen LogP contribution in [0, 0.1) is 0 Å². The van der Waals surface area contributed by atoms with Crippen molar-refractivity contribution in [1.82, 2.24) is 15.6 Å². The molecule has 0 fully saturated rings. The summed E-state index contributed by atoms with van der Waals surface area (Å²) in [5.74, 6) is -0.640. The van der Waals surface area contributed by atoms with Crippen LogP contribution in [0.15, 0.2) is 29.4 Å². The Morgan fingerprint density at radius 1 is 1.32 bits per heavy atom. The summed E-state index contributed by atoms with van der Waals surface area (Å²) in [7, 11) is 0. The zero-order valence-corrected chi connectivity index (χ0v) is 12.6. The molecule has 0 unspecified atom stereocenters. The van der Waals surface area contributed by atoms with E-state index in [2.05, 4.69) is 20.7 Å². The molecule has 1 aromatic carbocycles. The maximum Gasteiger partial charge on any atom is 0.291 e. The topological polar surface area (TPSA) is 111 Å². The fraction of sp³-hybridized carbons (Fsp3) is 0.267. The van der Waals surface area contributed by atoms with Crippen molar-refractivity contribution in [2.24, 2.45) is 5.10 Å². The number of nitrogens with zero attached hydrogens (tertiary/aromatic N) is 2. The van der Waals surface area contributed by atoms with Crippen LogP contribution in [0.1, 0.15) is 42.5 Å². The Kier molecular flexibility index (Phi) is 4.16. The molecule has 0 aliphatic carbocycles. The second-order valence-corrected chi connectivity index (χ2v) is 5.86. The molecule has 0 bridgehead atoms. The summed E-state index contributed by atoms with van der Waals surface area (Å²) in [5.41, 5.74) is 3.65. The Morgan fingerprint density at radius 2 is 2.05 bits per heavy atom. The van der Waals surface area contributed by atoms with Crippen molar-refractivity contribution in [1.29, 1.82) is 0 Å². The van der Waals surface area contributed by atoms with Crippen molar-refractivity contribution >= 4 is 12.1 Å². The summed E-state index contributed by atoms with van der Waals surface area (Å²) in [6.45, 7) is 6.02. The molecule has 0 atom stereocenters. The maximum atomic E-state index is 11.9. The van der Waals surface area contributed by atoms with Gasteiger partial charge in [0, 0.05) is 22.7 Å². The fourth-order valence-corrected chi connectivity index (χ4v) is 1.68. The lowest BCUT2D eigenvalue weighted by molar-refractivity contribution is 0.0950. The molecule has 0 saturated carbocycles. The normalized spacial score (nSPS) is 11.8. The summed E-state index contributed by atoms with van der Waals surface area (Å²) < 4.78 is 0. The van der Waals surface area contributed by atoms with Crippen molar-refractivity contribution in [3.05, 3.63) is 41.2 Å². The molecule has 7 nitrogen and oxygen atoms in total. The van der Waals surface area contributed by atoms with Gasteiger partial charge in [0.05, 0.1) is 6.21 Å². The number of aromatic nitrogens is 2. The van der Waals surface area contributed by atoms with E-state index < -0.39 is 5.91 Å². The van der Waals surface area contributed by atoms with E-state index in [4.69, 9.17) is 0 Å². The van der Waals surface area contributed by atoms with Gasteiger partial charge in [0.25, 0.3) is 5.91 Å². The molecule has 4 N–H and O–H groups in total. The third-order valence-corrected chi connectivity index (χ3v) is 3.00. The van der Waals surface area contributed by atoms with E-state index in [-0.39, 0.29) is 22.6 Å². The molecule has 0 radical (unpaired) electrons. The largest absolute Gasteiger partial charge is 0.508 e. The number of phenolic OH excluding ortho intramolecular Hbond substituents is 2.